The first kappa shape index (κ1) is 8.57. The molecule has 0 amide bonds. The zero-order valence-corrected chi connectivity index (χ0v) is 8.39. The Morgan fingerprint density at radius 2 is 2.15 bits per heavy atom. The lowest BCUT2D eigenvalue weighted by atomic mass is 10.2. The first-order valence-electron chi connectivity index (χ1n) is 4.32. The summed E-state index contributed by atoms with van der Waals surface area (Å²) in [5.74, 6) is 1.39. The molecule has 0 unspecified atom stereocenters. The number of nitrogens with one attached hydrogen (secondary N) is 1. The second-order valence-corrected chi connectivity index (χ2v) is 3.82. The maximum Gasteiger partial charge on any atom is 0.109 e. The highest BCUT2D eigenvalue weighted by molar-refractivity contribution is 6.34. The Hall–Kier alpha value is -1.02. The summed E-state index contributed by atoms with van der Waals surface area (Å²) in [6, 6.07) is 5.74. The number of hydrogen-bond acceptors (Lipinski definition) is 1. The molecule has 0 saturated carbocycles. The summed E-state index contributed by atoms with van der Waals surface area (Å²) in [6.07, 6.45) is 0. The second-order valence-electron chi connectivity index (χ2n) is 3.41. The van der Waals surface area contributed by atoms with E-state index in [1.54, 1.807) is 0 Å². The van der Waals surface area contributed by atoms with E-state index in [1.165, 1.54) is 0 Å². The molecule has 1 aromatic heterocycles. The molecule has 2 aromatic rings. The van der Waals surface area contributed by atoms with Gasteiger partial charge in [0, 0.05) is 5.92 Å². The summed E-state index contributed by atoms with van der Waals surface area (Å²) >= 11 is 6.00. The molecule has 0 aliphatic carbocycles. The van der Waals surface area contributed by atoms with Crippen LogP contribution in [0.25, 0.3) is 11.0 Å². The van der Waals surface area contributed by atoms with Crippen LogP contribution in [0, 0.1) is 0 Å². The number of aromatic nitrogens is 2. The topological polar surface area (TPSA) is 28.7 Å². The van der Waals surface area contributed by atoms with Crippen molar-refractivity contribution >= 4 is 22.6 Å². The van der Waals surface area contributed by atoms with Crippen LogP contribution in [0.3, 0.4) is 0 Å². The largest absolute Gasteiger partial charge is 0.341 e. The lowest BCUT2D eigenvalue weighted by Gasteiger charge is -1.95. The van der Waals surface area contributed by atoms with E-state index in [2.05, 4.69) is 23.8 Å². The van der Waals surface area contributed by atoms with Gasteiger partial charge in [0.15, 0.2) is 0 Å². The molecule has 0 bridgehead atoms. The van der Waals surface area contributed by atoms with Crippen LogP contribution >= 0.6 is 11.6 Å². The molecule has 68 valence electrons. The lowest BCUT2D eigenvalue weighted by molar-refractivity contribution is 0.799. The highest BCUT2D eigenvalue weighted by Crippen LogP contribution is 2.23. The van der Waals surface area contributed by atoms with Crippen LogP contribution in [-0.2, 0) is 0 Å². The van der Waals surface area contributed by atoms with Crippen molar-refractivity contribution in [3.63, 3.8) is 0 Å². The molecule has 1 aromatic carbocycles. The first-order valence-corrected chi connectivity index (χ1v) is 4.70. The van der Waals surface area contributed by atoms with E-state index in [0.29, 0.717) is 5.92 Å². The normalized spacial score (nSPS) is 11.4. The van der Waals surface area contributed by atoms with Crippen molar-refractivity contribution in [3.05, 3.63) is 29.0 Å². The molecule has 0 radical (unpaired) electrons. The quantitative estimate of drug-likeness (QED) is 0.741. The van der Waals surface area contributed by atoms with Crippen LogP contribution in [0.4, 0.5) is 0 Å². The van der Waals surface area contributed by atoms with Crippen molar-refractivity contribution in [2.45, 2.75) is 19.8 Å². The second kappa shape index (κ2) is 3.04. The van der Waals surface area contributed by atoms with Crippen LogP contribution in [-0.4, -0.2) is 9.97 Å². The predicted octanol–water partition coefficient (Wildman–Crippen LogP) is 3.34. The number of benzene rings is 1. The minimum Gasteiger partial charge on any atom is -0.341 e. The number of halogens is 1. The fourth-order valence-electron chi connectivity index (χ4n) is 1.29. The Morgan fingerprint density at radius 3 is 2.77 bits per heavy atom. The lowest BCUT2D eigenvalue weighted by Crippen LogP contribution is -1.88. The number of para-hydroxylation sites is 1. The predicted molar refractivity (Wildman–Crippen MR) is 55.2 cm³/mol. The molecule has 0 aliphatic heterocycles. The van der Waals surface area contributed by atoms with Crippen molar-refractivity contribution in [3.8, 4) is 0 Å². The van der Waals surface area contributed by atoms with Gasteiger partial charge in [0.1, 0.15) is 5.82 Å². The van der Waals surface area contributed by atoms with Gasteiger partial charge < -0.3 is 4.98 Å². The third-order valence-corrected chi connectivity index (χ3v) is 2.35. The van der Waals surface area contributed by atoms with Crippen molar-refractivity contribution < 1.29 is 0 Å². The number of aromatic amines is 1. The first-order chi connectivity index (χ1) is 6.18. The summed E-state index contributed by atoms with van der Waals surface area (Å²) in [5, 5.41) is 0.733. The van der Waals surface area contributed by atoms with Gasteiger partial charge in [-0.2, -0.15) is 0 Å². The third kappa shape index (κ3) is 1.42. The molecule has 0 saturated heterocycles. The highest BCUT2D eigenvalue weighted by atomic mass is 35.5. The molecule has 0 spiro atoms. The van der Waals surface area contributed by atoms with E-state index in [9.17, 15) is 0 Å². The van der Waals surface area contributed by atoms with Crippen molar-refractivity contribution in [2.75, 3.05) is 0 Å². The minimum absolute atomic E-state index is 0.406. The molecule has 3 heteroatoms. The third-order valence-electron chi connectivity index (χ3n) is 2.03. The summed E-state index contributed by atoms with van der Waals surface area (Å²) < 4.78 is 0. The van der Waals surface area contributed by atoms with Crippen LogP contribution < -0.4 is 0 Å². The fourth-order valence-corrected chi connectivity index (χ4v) is 1.51. The van der Waals surface area contributed by atoms with Crippen molar-refractivity contribution in [1.29, 1.82) is 0 Å². The summed E-state index contributed by atoms with van der Waals surface area (Å²) in [4.78, 5) is 7.65. The highest BCUT2D eigenvalue weighted by Gasteiger charge is 2.07. The van der Waals surface area contributed by atoms with Crippen LogP contribution in [0.5, 0.6) is 0 Å². The number of rotatable bonds is 1. The molecule has 13 heavy (non-hydrogen) atoms. The van der Waals surface area contributed by atoms with Gasteiger partial charge in [-0.25, -0.2) is 4.98 Å². The Morgan fingerprint density at radius 1 is 1.38 bits per heavy atom. The van der Waals surface area contributed by atoms with Gasteiger partial charge in [-0.1, -0.05) is 31.5 Å². The molecular formula is C10H11ClN2. The number of fused-ring (bicyclic) bond motifs is 1. The zero-order valence-electron chi connectivity index (χ0n) is 7.63. The van der Waals surface area contributed by atoms with Gasteiger partial charge in [-0.15, -0.1) is 0 Å². The van der Waals surface area contributed by atoms with Crippen molar-refractivity contribution in [2.24, 2.45) is 0 Å². The molecule has 1 N–H and O–H groups in total. The molecule has 0 aliphatic rings. The van der Waals surface area contributed by atoms with E-state index in [4.69, 9.17) is 11.6 Å². The molecule has 2 nitrogen and oxygen atoms in total. The minimum atomic E-state index is 0.406. The summed E-state index contributed by atoms with van der Waals surface area (Å²) in [5.41, 5.74) is 1.88. The monoisotopic (exact) mass is 194 g/mol. The maximum atomic E-state index is 6.00. The SMILES string of the molecule is CC(C)c1nc2cccc(Cl)c2[nH]1. The Balaban J connectivity index is 2.68. The Kier molecular flexibility index (Phi) is 2.00. The molecule has 2 rings (SSSR count). The number of hydrogen-bond donors (Lipinski definition) is 1. The number of H-pyrrole nitrogens is 1. The van der Waals surface area contributed by atoms with Gasteiger partial charge in [-0.3, -0.25) is 0 Å². The Bertz CT molecular complexity index is 431. The molecule has 0 atom stereocenters. The molecular weight excluding hydrogens is 184 g/mol. The average Bonchev–Trinajstić information content (AvgIpc) is 2.49. The maximum absolute atomic E-state index is 6.00. The van der Waals surface area contributed by atoms with E-state index in [0.717, 1.165) is 21.9 Å². The summed E-state index contributed by atoms with van der Waals surface area (Å²) in [7, 11) is 0. The Labute approximate surface area is 81.9 Å². The van der Waals surface area contributed by atoms with Crippen molar-refractivity contribution in [1.82, 2.24) is 9.97 Å². The van der Waals surface area contributed by atoms with Gasteiger partial charge in [0.05, 0.1) is 16.1 Å². The van der Waals surface area contributed by atoms with E-state index < -0.39 is 0 Å². The van der Waals surface area contributed by atoms with Gasteiger partial charge in [-0.05, 0) is 12.1 Å². The van der Waals surface area contributed by atoms with Crippen LogP contribution in [0.1, 0.15) is 25.6 Å². The summed E-state index contributed by atoms with van der Waals surface area (Å²) in [6.45, 7) is 4.21. The number of imidazole rings is 1. The van der Waals surface area contributed by atoms with Gasteiger partial charge in [0.25, 0.3) is 0 Å². The zero-order chi connectivity index (χ0) is 9.42. The average molecular weight is 195 g/mol. The van der Waals surface area contributed by atoms with E-state index >= 15 is 0 Å². The number of nitrogens with zero attached hydrogens (tertiary/aromatic N) is 1. The van der Waals surface area contributed by atoms with Gasteiger partial charge >= 0.3 is 0 Å². The fraction of sp³-hybridized carbons (Fsp3) is 0.300. The molecule has 0 fully saturated rings. The van der Waals surface area contributed by atoms with Crippen LogP contribution in [0.15, 0.2) is 18.2 Å². The smallest absolute Gasteiger partial charge is 0.109 e. The van der Waals surface area contributed by atoms with E-state index in [-0.39, 0.29) is 0 Å². The van der Waals surface area contributed by atoms with Crippen LogP contribution in [0.2, 0.25) is 5.02 Å². The van der Waals surface area contributed by atoms with Gasteiger partial charge in [0.2, 0.25) is 0 Å². The van der Waals surface area contributed by atoms with E-state index in [1.807, 2.05) is 18.2 Å². The molecule has 1 heterocycles. The standard InChI is InChI=1S/C10H11ClN2/c1-6(2)10-12-8-5-3-4-7(11)9(8)13-10/h3-6H,1-2H3,(H,12,13).